The number of hydrogen-bond donors (Lipinski definition) is 3. The molecule has 0 fully saturated rings. The minimum atomic E-state index is -1.31. The van der Waals surface area contributed by atoms with E-state index in [-0.39, 0.29) is 18.7 Å². The highest BCUT2D eigenvalue weighted by molar-refractivity contribution is 5.87. The van der Waals surface area contributed by atoms with Crippen LogP contribution in [0.1, 0.15) is 45.2 Å². The molecule has 1 rings (SSSR count). The molecule has 22 heavy (non-hydrogen) atoms. The van der Waals surface area contributed by atoms with Crippen LogP contribution in [0.5, 0.6) is 0 Å². The van der Waals surface area contributed by atoms with E-state index < -0.39 is 23.5 Å². The molecule has 0 saturated heterocycles. The predicted molar refractivity (Wildman–Crippen MR) is 82.1 cm³/mol. The number of carbonyl (C=O) groups excluding carboxylic acids is 2. The number of carboxylic acids is 1. The molecule has 6 nitrogen and oxygen atoms in total. The van der Waals surface area contributed by atoms with Crippen LogP contribution < -0.4 is 10.6 Å². The Morgan fingerprint density at radius 3 is 2.27 bits per heavy atom. The highest BCUT2D eigenvalue weighted by atomic mass is 16.4. The Kier molecular flexibility index (Phi) is 6.10. The largest absolute Gasteiger partial charge is 0.480 e. The molecular formula is C16H22N2O4. The van der Waals surface area contributed by atoms with Crippen LogP contribution in [0.25, 0.3) is 0 Å². The van der Waals surface area contributed by atoms with Crippen molar-refractivity contribution in [2.24, 2.45) is 0 Å². The molecule has 1 aromatic rings. The Balaban J connectivity index is 2.84. The van der Waals surface area contributed by atoms with Gasteiger partial charge in [0, 0.05) is 6.92 Å². The summed E-state index contributed by atoms with van der Waals surface area (Å²) in [7, 11) is 0. The standard InChI is InChI=1S/C16H22N2O4/c1-4-16(3,15(21)22)18-14(20)10-13(17-11(2)19)12-8-6-5-7-9-12/h5-9,13H,4,10H2,1-3H3,(H,17,19)(H,18,20)(H,21,22). The van der Waals surface area contributed by atoms with Gasteiger partial charge in [-0.1, -0.05) is 37.3 Å². The number of aliphatic carboxylic acids is 1. The van der Waals surface area contributed by atoms with E-state index in [2.05, 4.69) is 10.6 Å². The number of carbonyl (C=O) groups is 3. The van der Waals surface area contributed by atoms with Crippen LogP contribution in [0, 0.1) is 0 Å². The fourth-order valence-corrected chi connectivity index (χ4v) is 2.02. The Labute approximate surface area is 129 Å². The topological polar surface area (TPSA) is 95.5 Å². The van der Waals surface area contributed by atoms with Crippen molar-refractivity contribution < 1.29 is 19.5 Å². The quantitative estimate of drug-likeness (QED) is 0.713. The first kappa shape index (κ1) is 17.7. The summed E-state index contributed by atoms with van der Waals surface area (Å²) >= 11 is 0. The highest BCUT2D eigenvalue weighted by Gasteiger charge is 2.33. The summed E-state index contributed by atoms with van der Waals surface area (Å²) in [5.74, 6) is -1.76. The van der Waals surface area contributed by atoms with Crippen molar-refractivity contribution in [1.82, 2.24) is 10.6 Å². The van der Waals surface area contributed by atoms with Crippen molar-refractivity contribution in [3.63, 3.8) is 0 Å². The molecule has 0 aliphatic heterocycles. The first-order valence-electron chi connectivity index (χ1n) is 7.15. The van der Waals surface area contributed by atoms with Gasteiger partial charge in [-0.3, -0.25) is 9.59 Å². The van der Waals surface area contributed by atoms with Crippen molar-refractivity contribution in [3.8, 4) is 0 Å². The average molecular weight is 306 g/mol. The summed E-state index contributed by atoms with van der Waals surface area (Å²) in [6, 6.07) is 8.60. The maximum absolute atomic E-state index is 12.2. The van der Waals surface area contributed by atoms with Crippen molar-refractivity contribution in [2.75, 3.05) is 0 Å². The molecule has 0 heterocycles. The summed E-state index contributed by atoms with van der Waals surface area (Å²) in [5.41, 5.74) is -0.518. The van der Waals surface area contributed by atoms with E-state index >= 15 is 0 Å². The Hall–Kier alpha value is -2.37. The van der Waals surface area contributed by atoms with E-state index in [1.54, 1.807) is 6.92 Å². The Bertz CT molecular complexity index is 544. The second-order valence-corrected chi connectivity index (χ2v) is 5.41. The van der Waals surface area contributed by atoms with Crippen molar-refractivity contribution in [1.29, 1.82) is 0 Å². The molecule has 120 valence electrons. The Morgan fingerprint density at radius 1 is 1.23 bits per heavy atom. The number of nitrogens with one attached hydrogen (secondary N) is 2. The van der Waals surface area contributed by atoms with Crippen molar-refractivity contribution in [3.05, 3.63) is 35.9 Å². The van der Waals surface area contributed by atoms with Gasteiger partial charge in [-0.05, 0) is 18.9 Å². The van der Waals surface area contributed by atoms with Gasteiger partial charge in [-0.25, -0.2) is 4.79 Å². The molecule has 0 aromatic heterocycles. The van der Waals surface area contributed by atoms with Gasteiger partial charge in [-0.2, -0.15) is 0 Å². The lowest BCUT2D eigenvalue weighted by Crippen LogP contribution is -2.52. The normalized spacial score (nSPS) is 14.5. The van der Waals surface area contributed by atoms with Crippen LogP contribution >= 0.6 is 0 Å². The zero-order chi connectivity index (χ0) is 16.8. The van der Waals surface area contributed by atoms with Gasteiger partial charge in [0.15, 0.2) is 0 Å². The molecular weight excluding hydrogens is 284 g/mol. The molecule has 2 unspecified atom stereocenters. The first-order valence-corrected chi connectivity index (χ1v) is 7.15. The molecule has 0 spiro atoms. The van der Waals surface area contributed by atoms with Crippen molar-refractivity contribution in [2.45, 2.75) is 45.2 Å². The van der Waals surface area contributed by atoms with Gasteiger partial charge in [0.25, 0.3) is 0 Å². The molecule has 0 aliphatic carbocycles. The Morgan fingerprint density at radius 2 is 1.82 bits per heavy atom. The lowest BCUT2D eigenvalue weighted by Gasteiger charge is -2.26. The average Bonchev–Trinajstić information content (AvgIpc) is 2.46. The van der Waals surface area contributed by atoms with Crippen LogP contribution in [0.2, 0.25) is 0 Å². The smallest absolute Gasteiger partial charge is 0.329 e. The van der Waals surface area contributed by atoms with Gasteiger partial charge >= 0.3 is 5.97 Å². The van der Waals surface area contributed by atoms with Crippen LogP contribution in [0.4, 0.5) is 0 Å². The third kappa shape index (κ3) is 4.87. The lowest BCUT2D eigenvalue weighted by molar-refractivity contribution is -0.147. The van der Waals surface area contributed by atoms with Crippen molar-refractivity contribution >= 4 is 17.8 Å². The number of carboxylic acid groups (broad SMARTS) is 1. The van der Waals surface area contributed by atoms with E-state index in [9.17, 15) is 19.5 Å². The minimum absolute atomic E-state index is 0.0214. The summed E-state index contributed by atoms with van der Waals surface area (Å²) in [4.78, 5) is 34.7. The first-order chi connectivity index (χ1) is 10.3. The SMILES string of the molecule is CCC(C)(NC(=O)CC(NC(C)=O)c1ccccc1)C(=O)O. The molecule has 6 heteroatoms. The molecule has 0 bridgehead atoms. The highest BCUT2D eigenvalue weighted by Crippen LogP contribution is 2.18. The van der Waals surface area contributed by atoms with Crippen LogP contribution in [0.3, 0.4) is 0 Å². The molecule has 0 radical (unpaired) electrons. The number of amides is 2. The number of rotatable bonds is 7. The predicted octanol–water partition coefficient (Wildman–Crippen LogP) is 1.62. The van der Waals surface area contributed by atoms with E-state index in [0.717, 1.165) is 5.56 Å². The zero-order valence-corrected chi connectivity index (χ0v) is 13.1. The van der Waals surface area contributed by atoms with Gasteiger partial charge < -0.3 is 15.7 Å². The molecule has 0 aliphatic rings. The monoisotopic (exact) mass is 306 g/mol. The lowest BCUT2D eigenvalue weighted by atomic mass is 9.97. The second kappa shape index (κ2) is 7.59. The zero-order valence-electron chi connectivity index (χ0n) is 13.1. The molecule has 2 amide bonds. The fourth-order valence-electron chi connectivity index (χ4n) is 2.02. The van der Waals surface area contributed by atoms with Gasteiger partial charge in [0.2, 0.25) is 11.8 Å². The van der Waals surface area contributed by atoms with E-state index in [1.807, 2.05) is 30.3 Å². The van der Waals surface area contributed by atoms with E-state index in [1.165, 1.54) is 13.8 Å². The second-order valence-electron chi connectivity index (χ2n) is 5.41. The summed E-state index contributed by atoms with van der Waals surface area (Å²) in [5, 5.41) is 14.4. The fraction of sp³-hybridized carbons (Fsp3) is 0.438. The third-order valence-corrected chi connectivity index (χ3v) is 3.56. The molecule has 0 saturated carbocycles. The van der Waals surface area contributed by atoms with Crippen LogP contribution in [-0.4, -0.2) is 28.4 Å². The number of hydrogen-bond acceptors (Lipinski definition) is 3. The summed E-state index contributed by atoms with van der Waals surface area (Å²) in [6.07, 6.45) is 0.247. The summed E-state index contributed by atoms with van der Waals surface area (Å²) < 4.78 is 0. The van der Waals surface area contributed by atoms with Gasteiger partial charge in [-0.15, -0.1) is 0 Å². The van der Waals surface area contributed by atoms with Crippen LogP contribution in [0.15, 0.2) is 30.3 Å². The van der Waals surface area contributed by atoms with E-state index in [0.29, 0.717) is 0 Å². The summed E-state index contributed by atoms with van der Waals surface area (Å²) in [6.45, 7) is 4.53. The third-order valence-electron chi connectivity index (χ3n) is 3.56. The van der Waals surface area contributed by atoms with Gasteiger partial charge in [0.05, 0.1) is 12.5 Å². The number of benzene rings is 1. The maximum atomic E-state index is 12.2. The van der Waals surface area contributed by atoms with Gasteiger partial charge in [0.1, 0.15) is 5.54 Å². The molecule has 3 N–H and O–H groups in total. The molecule has 1 aromatic carbocycles. The van der Waals surface area contributed by atoms with Crippen LogP contribution in [-0.2, 0) is 14.4 Å². The van der Waals surface area contributed by atoms with E-state index in [4.69, 9.17) is 0 Å². The minimum Gasteiger partial charge on any atom is -0.480 e. The molecule has 2 atom stereocenters. The maximum Gasteiger partial charge on any atom is 0.329 e.